The molecule has 0 aliphatic heterocycles. The maximum atomic E-state index is 7.21. The molecule has 5 aliphatic rings. The minimum Gasteiger partial charge on any atom is -0.378 e. The van der Waals surface area contributed by atoms with Gasteiger partial charge in [-0.15, -0.1) is 0 Å². The maximum Gasteiger partial charge on any atom is 0.0609 e. The number of hydrogen-bond acceptors (Lipinski definition) is 1. The van der Waals surface area contributed by atoms with Crippen molar-refractivity contribution >= 4 is 0 Å². The standard InChI is InChI=1S/C34H60O/c1-4-10-25-16-19-27(20-17-25)26(5-2)23-35-32-22-21-29-12-7-9-14-31(29)34(32)33-24(3)15-18-28-11-6-8-13-30(28)33/h24-34H,4-23H2,1-3H3. The number of rotatable bonds is 8. The molecule has 1 nitrogen and oxygen atoms in total. The molecule has 5 rings (SSSR count). The van der Waals surface area contributed by atoms with Gasteiger partial charge in [0.25, 0.3) is 0 Å². The molecule has 0 bridgehead atoms. The summed E-state index contributed by atoms with van der Waals surface area (Å²) < 4.78 is 7.21. The zero-order valence-corrected chi connectivity index (χ0v) is 23.9. The van der Waals surface area contributed by atoms with E-state index in [0.717, 1.165) is 65.8 Å². The van der Waals surface area contributed by atoms with Crippen LogP contribution in [0.15, 0.2) is 0 Å². The van der Waals surface area contributed by atoms with Gasteiger partial charge in [0.1, 0.15) is 0 Å². The highest BCUT2D eigenvalue weighted by atomic mass is 16.5. The summed E-state index contributed by atoms with van der Waals surface area (Å²) in [4.78, 5) is 0. The predicted molar refractivity (Wildman–Crippen MR) is 149 cm³/mol. The number of ether oxygens (including phenoxy) is 1. The summed E-state index contributed by atoms with van der Waals surface area (Å²) in [6, 6.07) is 0. The summed E-state index contributed by atoms with van der Waals surface area (Å²) in [5.41, 5.74) is 0. The third-order valence-corrected chi connectivity index (χ3v) is 12.6. The molecule has 0 heterocycles. The van der Waals surface area contributed by atoms with Crippen LogP contribution in [-0.4, -0.2) is 12.7 Å². The van der Waals surface area contributed by atoms with E-state index in [1.807, 2.05) is 0 Å². The first kappa shape index (κ1) is 26.6. The highest BCUT2D eigenvalue weighted by Gasteiger charge is 2.51. The van der Waals surface area contributed by atoms with Crippen molar-refractivity contribution < 1.29 is 4.74 Å². The molecule has 9 atom stereocenters. The Balaban J connectivity index is 1.28. The second-order valence-corrected chi connectivity index (χ2v) is 14.3. The van der Waals surface area contributed by atoms with Crippen LogP contribution in [0, 0.1) is 59.2 Å². The number of hydrogen-bond donors (Lipinski definition) is 0. The third kappa shape index (κ3) is 6.01. The van der Waals surface area contributed by atoms with Crippen LogP contribution < -0.4 is 0 Å². The van der Waals surface area contributed by atoms with Crippen molar-refractivity contribution in [1.29, 1.82) is 0 Å². The summed E-state index contributed by atoms with van der Waals surface area (Å²) in [6.07, 6.45) is 28.7. The van der Waals surface area contributed by atoms with Crippen LogP contribution in [-0.2, 0) is 4.74 Å². The summed E-state index contributed by atoms with van der Waals surface area (Å²) >= 11 is 0. The van der Waals surface area contributed by atoms with Crippen LogP contribution in [0.3, 0.4) is 0 Å². The quantitative estimate of drug-likeness (QED) is 0.333. The SMILES string of the molecule is CCCC1CCC(C(CC)COC2CCC3CCCCC3C2C2C(C)CCC3CCCCC32)CC1. The van der Waals surface area contributed by atoms with Gasteiger partial charge in [-0.3, -0.25) is 0 Å². The molecule has 0 saturated heterocycles. The van der Waals surface area contributed by atoms with Crippen molar-refractivity contribution in [2.75, 3.05) is 6.61 Å². The molecular formula is C34H60O. The van der Waals surface area contributed by atoms with Gasteiger partial charge in [0.2, 0.25) is 0 Å². The fourth-order valence-electron chi connectivity index (χ4n) is 10.7. The highest BCUT2D eigenvalue weighted by Crippen LogP contribution is 2.56. The van der Waals surface area contributed by atoms with Gasteiger partial charge in [-0.05, 0) is 104 Å². The van der Waals surface area contributed by atoms with E-state index in [4.69, 9.17) is 4.74 Å². The van der Waals surface area contributed by atoms with Crippen molar-refractivity contribution in [2.45, 2.75) is 149 Å². The van der Waals surface area contributed by atoms with E-state index < -0.39 is 0 Å². The van der Waals surface area contributed by atoms with Crippen molar-refractivity contribution in [3.63, 3.8) is 0 Å². The van der Waals surface area contributed by atoms with Crippen LogP contribution in [0.4, 0.5) is 0 Å². The molecule has 35 heavy (non-hydrogen) atoms. The van der Waals surface area contributed by atoms with E-state index in [9.17, 15) is 0 Å². The van der Waals surface area contributed by atoms with Gasteiger partial charge in [0.15, 0.2) is 0 Å². The zero-order valence-electron chi connectivity index (χ0n) is 23.9. The Hall–Kier alpha value is -0.0400. The first-order valence-electron chi connectivity index (χ1n) is 16.8. The van der Waals surface area contributed by atoms with Crippen LogP contribution in [0.2, 0.25) is 0 Å². The fourth-order valence-corrected chi connectivity index (χ4v) is 10.7. The minimum atomic E-state index is 0.577. The summed E-state index contributed by atoms with van der Waals surface area (Å²) in [6.45, 7) is 8.56. The second-order valence-electron chi connectivity index (χ2n) is 14.3. The molecule has 0 amide bonds. The lowest BCUT2D eigenvalue weighted by Crippen LogP contribution is -2.51. The molecule has 0 spiro atoms. The van der Waals surface area contributed by atoms with E-state index in [1.165, 1.54) is 109 Å². The van der Waals surface area contributed by atoms with Gasteiger partial charge in [0.05, 0.1) is 12.7 Å². The first-order valence-corrected chi connectivity index (χ1v) is 16.8. The van der Waals surface area contributed by atoms with Crippen molar-refractivity contribution in [2.24, 2.45) is 59.2 Å². The van der Waals surface area contributed by atoms with E-state index >= 15 is 0 Å². The van der Waals surface area contributed by atoms with Crippen LogP contribution in [0.1, 0.15) is 143 Å². The van der Waals surface area contributed by atoms with Gasteiger partial charge in [-0.25, -0.2) is 0 Å². The maximum absolute atomic E-state index is 7.21. The molecule has 5 saturated carbocycles. The Morgan fingerprint density at radius 2 is 1.29 bits per heavy atom. The molecule has 0 aromatic heterocycles. The van der Waals surface area contributed by atoms with Gasteiger partial charge in [0, 0.05) is 0 Å². The summed E-state index contributed by atoms with van der Waals surface area (Å²) in [7, 11) is 0. The predicted octanol–water partition coefficient (Wildman–Crippen LogP) is 10.1. The average Bonchev–Trinajstić information content (AvgIpc) is 2.90. The van der Waals surface area contributed by atoms with Gasteiger partial charge in [-0.2, -0.15) is 0 Å². The molecule has 0 radical (unpaired) electrons. The second kappa shape index (κ2) is 12.7. The van der Waals surface area contributed by atoms with E-state index in [2.05, 4.69) is 20.8 Å². The van der Waals surface area contributed by atoms with Crippen molar-refractivity contribution in [3.8, 4) is 0 Å². The average molecular weight is 485 g/mol. The van der Waals surface area contributed by atoms with E-state index in [1.54, 1.807) is 12.8 Å². The normalized spacial score (nSPS) is 45.3. The van der Waals surface area contributed by atoms with E-state index in [-0.39, 0.29) is 0 Å². The summed E-state index contributed by atoms with van der Waals surface area (Å²) in [5.74, 6) is 9.65. The minimum absolute atomic E-state index is 0.577. The Morgan fingerprint density at radius 3 is 1.94 bits per heavy atom. The molecule has 0 N–H and O–H groups in total. The Morgan fingerprint density at radius 1 is 0.657 bits per heavy atom. The topological polar surface area (TPSA) is 9.23 Å². The number of fused-ring (bicyclic) bond motifs is 2. The molecule has 5 aliphatic carbocycles. The lowest BCUT2D eigenvalue weighted by Gasteiger charge is -2.55. The van der Waals surface area contributed by atoms with Crippen LogP contribution >= 0.6 is 0 Å². The largest absolute Gasteiger partial charge is 0.378 e. The molecule has 5 fully saturated rings. The molecule has 202 valence electrons. The van der Waals surface area contributed by atoms with Gasteiger partial charge >= 0.3 is 0 Å². The highest BCUT2D eigenvalue weighted by molar-refractivity contribution is 5.00. The van der Waals surface area contributed by atoms with Gasteiger partial charge < -0.3 is 4.74 Å². The Labute approximate surface area is 219 Å². The van der Waals surface area contributed by atoms with Crippen molar-refractivity contribution in [3.05, 3.63) is 0 Å². The molecule has 0 aromatic carbocycles. The zero-order chi connectivity index (χ0) is 24.2. The lowest BCUT2D eigenvalue weighted by atomic mass is 9.51. The van der Waals surface area contributed by atoms with Gasteiger partial charge in [-0.1, -0.05) is 97.8 Å². The molecule has 1 heteroatoms. The van der Waals surface area contributed by atoms with Crippen LogP contribution in [0.25, 0.3) is 0 Å². The Bertz CT molecular complexity index is 620. The fraction of sp³-hybridized carbons (Fsp3) is 1.00. The monoisotopic (exact) mass is 484 g/mol. The van der Waals surface area contributed by atoms with E-state index in [0.29, 0.717) is 6.10 Å². The summed E-state index contributed by atoms with van der Waals surface area (Å²) in [5, 5.41) is 0. The molecule has 9 unspecified atom stereocenters. The smallest absolute Gasteiger partial charge is 0.0609 e. The first-order chi connectivity index (χ1) is 17.2. The Kier molecular flexibility index (Phi) is 9.62. The molecular weight excluding hydrogens is 424 g/mol. The lowest BCUT2D eigenvalue weighted by molar-refractivity contribution is -0.131. The third-order valence-electron chi connectivity index (χ3n) is 12.6. The van der Waals surface area contributed by atoms with Crippen LogP contribution in [0.5, 0.6) is 0 Å². The molecule has 0 aromatic rings. The van der Waals surface area contributed by atoms with Crippen molar-refractivity contribution in [1.82, 2.24) is 0 Å².